The first-order valence-corrected chi connectivity index (χ1v) is 10.5. The number of imide groups is 1. The zero-order chi connectivity index (χ0) is 21.7. The maximum absolute atomic E-state index is 12.8. The Kier molecular flexibility index (Phi) is 5.13. The van der Waals surface area contributed by atoms with Gasteiger partial charge in [0.15, 0.2) is 0 Å². The summed E-state index contributed by atoms with van der Waals surface area (Å²) in [7, 11) is 3.17. The molecule has 3 aliphatic rings. The second-order valence-corrected chi connectivity index (χ2v) is 8.48. The second kappa shape index (κ2) is 7.50. The van der Waals surface area contributed by atoms with Gasteiger partial charge < -0.3 is 10.6 Å². The molecule has 4 amide bonds. The number of urea groups is 1. The molecule has 0 spiro atoms. The Hall–Kier alpha value is -2.75. The van der Waals surface area contributed by atoms with Gasteiger partial charge in [0.2, 0.25) is 17.8 Å². The van der Waals surface area contributed by atoms with E-state index >= 15 is 0 Å². The Morgan fingerprint density at radius 3 is 2.47 bits per heavy atom. The first-order valence-electron chi connectivity index (χ1n) is 10.5. The molecule has 0 bridgehead atoms. The number of nitrogens with zero attached hydrogens (tertiary/aromatic N) is 6. The minimum Gasteiger partial charge on any atom is -0.369 e. The van der Waals surface area contributed by atoms with Gasteiger partial charge in [-0.25, -0.2) is 13.9 Å². The summed E-state index contributed by atoms with van der Waals surface area (Å²) in [5, 5.41) is 0. The topological polar surface area (TPSA) is 108 Å². The molecule has 2 fully saturated rings. The van der Waals surface area contributed by atoms with E-state index in [1.54, 1.807) is 7.05 Å². The monoisotopic (exact) mass is 416 g/mol. The molecule has 162 valence electrons. The molecule has 2 saturated heterocycles. The van der Waals surface area contributed by atoms with Gasteiger partial charge in [0.1, 0.15) is 11.4 Å². The van der Waals surface area contributed by atoms with E-state index in [9.17, 15) is 14.4 Å². The van der Waals surface area contributed by atoms with E-state index in [0.717, 1.165) is 67.7 Å². The number of amides is 4. The number of nitrogens with two attached hydrogens (primary N) is 1. The number of aromatic nitrogens is 2. The molecule has 4 rings (SSSR count). The van der Waals surface area contributed by atoms with Crippen molar-refractivity contribution in [2.75, 3.05) is 33.7 Å². The standard InChI is InChI=1S/C20H29N7O3/c1-12-13(2)27-15-17(23(3)20(30)24(4)18(15)29)22-19(27)26(12)9-5-8-25-10-6-14(7-11-25)16(21)28/h14-15H,5-11H2,1-4H3,(H-,21,28)/p+1. The number of hydrogen-bond donors (Lipinski definition) is 1. The van der Waals surface area contributed by atoms with Crippen molar-refractivity contribution >= 4 is 29.6 Å². The zero-order valence-electron chi connectivity index (χ0n) is 18.1. The highest BCUT2D eigenvalue weighted by atomic mass is 16.2. The summed E-state index contributed by atoms with van der Waals surface area (Å²) in [6.45, 7) is 7.52. The van der Waals surface area contributed by atoms with E-state index in [2.05, 4.69) is 9.47 Å². The van der Waals surface area contributed by atoms with Gasteiger partial charge in [-0.05, 0) is 46.2 Å². The molecule has 1 aromatic rings. The van der Waals surface area contributed by atoms with Crippen LogP contribution in [0.5, 0.6) is 0 Å². The van der Waals surface area contributed by atoms with Gasteiger partial charge in [-0.2, -0.15) is 0 Å². The van der Waals surface area contributed by atoms with Crippen molar-refractivity contribution in [1.29, 1.82) is 0 Å². The summed E-state index contributed by atoms with van der Waals surface area (Å²) in [6.07, 6.45) is 2.59. The molecular weight excluding hydrogens is 386 g/mol. The zero-order valence-corrected chi connectivity index (χ0v) is 18.1. The van der Waals surface area contributed by atoms with Gasteiger partial charge in [0.25, 0.3) is 5.91 Å². The number of carbonyl (C=O) groups excluding carboxylic acids is 3. The van der Waals surface area contributed by atoms with Gasteiger partial charge in [-0.15, -0.1) is 0 Å². The highest BCUT2D eigenvalue weighted by Crippen LogP contribution is 2.34. The lowest BCUT2D eigenvalue weighted by Crippen LogP contribution is -2.56. The van der Waals surface area contributed by atoms with Crippen LogP contribution in [0.25, 0.3) is 0 Å². The van der Waals surface area contributed by atoms with Crippen molar-refractivity contribution < 1.29 is 19.0 Å². The molecule has 0 aromatic carbocycles. The SMILES string of the molecule is Cc1c(C)[n+](CCCN2CCC(C(N)=O)CC2)c2n1C1C(=O)N(C)C(=O)N(C)C1=N2. The molecule has 1 aromatic heterocycles. The van der Waals surface area contributed by atoms with Crippen LogP contribution in [-0.4, -0.2) is 76.7 Å². The third kappa shape index (κ3) is 3.10. The number of aliphatic imine (C=N–C) groups is 1. The molecule has 30 heavy (non-hydrogen) atoms. The fourth-order valence-corrected chi connectivity index (χ4v) is 4.74. The summed E-state index contributed by atoms with van der Waals surface area (Å²) < 4.78 is 4.09. The van der Waals surface area contributed by atoms with Gasteiger partial charge in [-0.3, -0.25) is 19.4 Å². The van der Waals surface area contributed by atoms with Crippen LogP contribution in [0.3, 0.4) is 0 Å². The Balaban J connectivity index is 1.49. The first kappa shape index (κ1) is 20.5. The van der Waals surface area contributed by atoms with Crippen LogP contribution in [0.1, 0.15) is 36.7 Å². The summed E-state index contributed by atoms with van der Waals surface area (Å²) in [5.41, 5.74) is 7.48. The number of rotatable bonds is 5. The van der Waals surface area contributed by atoms with E-state index in [-0.39, 0.29) is 23.8 Å². The second-order valence-electron chi connectivity index (χ2n) is 8.48. The molecule has 1 unspecified atom stereocenters. The van der Waals surface area contributed by atoms with Crippen LogP contribution >= 0.6 is 0 Å². The number of imidazole rings is 1. The number of hydrogen-bond acceptors (Lipinski definition) is 5. The van der Waals surface area contributed by atoms with Crippen molar-refractivity contribution in [2.45, 2.75) is 45.7 Å². The first-order chi connectivity index (χ1) is 14.2. The number of carbonyl (C=O) groups is 3. The van der Waals surface area contributed by atoms with Crippen LogP contribution in [0.4, 0.5) is 10.7 Å². The molecule has 0 radical (unpaired) electrons. The number of fused-ring (bicyclic) bond motifs is 3. The van der Waals surface area contributed by atoms with Crippen molar-refractivity contribution in [2.24, 2.45) is 16.6 Å². The molecule has 0 aliphatic carbocycles. The van der Waals surface area contributed by atoms with Crippen LogP contribution < -0.4 is 10.3 Å². The summed E-state index contributed by atoms with van der Waals surface area (Å²) >= 11 is 0. The smallest absolute Gasteiger partial charge is 0.369 e. The molecular formula is C20H30N7O3+. The van der Waals surface area contributed by atoms with E-state index in [1.807, 2.05) is 18.4 Å². The van der Waals surface area contributed by atoms with Crippen molar-refractivity contribution in [3.8, 4) is 0 Å². The molecule has 2 N–H and O–H groups in total. The van der Waals surface area contributed by atoms with E-state index in [4.69, 9.17) is 10.7 Å². The third-order valence-corrected chi connectivity index (χ3v) is 6.79. The highest BCUT2D eigenvalue weighted by Gasteiger charge is 2.53. The molecule has 1 atom stereocenters. The van der Waals surface area contributed by atoms with Crippen molar-refractivity contribution in [3.05, 3.63) is 11.4 Å². The lowest BCUT2D eigenvalue weighted by atomic mass is 9.96. The fraction of sp³-hybridized carbons (Fsp3) is 0.650. The summed E-state index contributed by atoms with van der Waals surface area (Å²) in [6, 6.07) is -0.943. The number of amidine groups is 1. The fourth-order valence-electron chi connectivity index (χ4n) is 4.74. The van der Waals surface area contributed by atoms with Crippen LogP contribution in [0.2, 0.25) is 0 Å². The molecule has 0 saturated carbocycles. The number of primary amides is 1. The van der Waals surface area contributed by atoms with E-state index in [1.165, 1.54) is 11.9 Å². The molecule has 4 heterocycles. The number of likely N-dealkylation sites (tertiary alicyclic amines) is 1. The average Bonchev–Trinajstić information content (AvgIpc) is 3.22. The Bertz CT molecular complexity index is 943. The lowest BCUT2D eigenvalue weighted by Gasteiger charge is -2.30. The number of likely N-dealkylation sites (N-methyl/N-ethyl adjacent to an activating group) is 2. The quantitative estimate of drug-likeness (QED) is 0.686. The van der Waals surface area contributed by atoms with Crippen molar-refractivity contribution in [1.82, 2.24) is 19.3 Å². The number of piperidine rings is 1. The van der Waals surface area contributed by atoms with E-state index in [0.29, 0.717) is 5.84 Å². The van der Waals surface area contributed by atoms with Crippen LogP contribution in [-0.2, 0) is 16.1 Å². The molecule has 10 nitrogen and oxygen atoms in total. The average molecular weight is 417 g/mol. The van der Waals surface area contributed by atoms with Crippen molar-refractivity contribution in [3.63, 3.8) is 0 Å². The maximum atomic E-state index is 12.8. The Morgan fingerprint density at radius 1 is 1.17 bits per heavy atom. The van der Waals surface area contributed by atoms with Gasteiger partial charge in [-0.1, -0.05) is 4.99 Å². The minimum atomic E-state index is -0.583. The van der Waals surface area contributed by atoms with Gasteiger partial charge in [0.05, 0.1) is 6.54 Å². The normalized spacial score (nSPS) is 22.4. The highest BCUT2D eigenvalue weighted by molar-refractivity contribution is 6.20. The predicted octanol–water partition coefficient (Wildman–Crippen LogP) is 0.0883. The Morgan fingerprint density at radius 2 is 1.83 bits per heavy atom. The van der Waals surface area contributed by atoms with Crippen LogP contribution in [0, 0.1) is 19.8 Å². The van der Waals surface area contributed by atoms with Crippen LogP contribution in [0.15, 0.2) is 4.99 Å². The Labute approximate surface area is 175 Å². The maximum Gasteiger partial charge on any atom is 0.402 e. The molecule has 3 aliphatic heterocycles. The summed E-state index contributed by atoms with van der Waals surface area (Å²) in [4.78, 5) is 46.1. The largest absolute Gasteiger partial charge is 0.402 e. The molecule has 10 heteroatoms. The minimum absolute atomic E-state index is 0.00444. The lowest BCUT2D eigenvalue weighted by molar-refractivity contribution is -0.689. The summed E-state index contributed by atoms with van der Waals surface area (Å²) in [5.74, 6) is 0.775. The predicted molar refractivity (Wildman–Crippen MR) is 109 cm³/mol. The van der Waals surface area contributed by atoms with E-state index < -0.39 is 6.04 Å². The van der Waals surface area contributed by atoms with Gasteiger partial charge in [0, 0.05) is 26.6 Å². The third-order valence-electron chi connectivity index (χ3n) is 6.79. The van der Waals surface area contributed by atoms with Gasteiger partial charge >= 0.3 is 12.0 Å².